The zero-order valence-electron chi connectivity index (χ0n) is 8.98. The molecule has 0 aromatic carbocycles. The van der Waals surface area contributed by atoms with Crippen molar-refractivity contribution in [3.05, 3.63) is 0 Å². The molecule has 0 aromatic rings. The number of amides is 1. The monoisotopic (exact) mass is 187 g/mol. The summed E-state index contributed by atoms with van der Waals surface area (Å²) in [6.07, 6.45) is 0. The Balaban J connectivity index is 4.02. The Kier molecular flexibility index (Phi) is 4.53. The number of hydrogen-bond donors (Lipinski definition) is 0. The third-order valence-electron chi connectivity index (χ3n) is 1.80. The summed E-state index contributed by atoms with van der Waals surface area (Å²) >= 11 is 0. The number of carbonyl (C=O) groups excluding carboxylic acids is 1. The predicted molar refractivity (Wildman–Crippen MR) is 56.1 cm³/mol. The molecule has 0 radical (unpaired) electrons. The number of rotatable bonds is 4. The van der Waals surface area contributed by atoms with Crippen LogP contribution in [0.2, 0.25) is 25.7 Å². The van der Waals surface area contributed by atoms with Crippen LogP contribution in [0, 0.1) is 0 Å². The normalized spacial score (nSPS) is 11.4. The van der Waals surface area contributed by atoms with E-state index in [9.17, 15) is 4.79 Å². The van der Waals surface area contributed by atoms with Gasteiger partial charge >= 0.3 is 0 Å². The van der Waals surface area contributed by atoms with Crippen molar-refractivity contribution in [3.63, 3.8) is 0 Å². The van der Waals surface area contributed by atoms with E-state index in [0.717, 1.165) is 19.1 Å². The molecule has 0 unspecified atom stereocenters. The van der Waals surface area contributed by atoms with Gasteiger partial charge in [-0.1, -0.05) is 19.6 Å². The highest BCUT2D eigenvalue weighted by atomic mass is 28.3. The minimum Gasteiger partial charge on any atom is -0.344 e. The van der Waals surface area contributed by atoms with Gasteiger partial charge in [-0.25, -0.2) is 0 Å². The van der Waals surface area contributed by atoms with Gasteiger partial charge in [0, 0.05) is 19.1 Å². The van der Waals surface area contributed by atoms with Crippen molar-refractivity contribution in [2.75, 3.05) is 13.1 Å². The molecule has 0 saturated heterocycles. The van der Waals surface area contributed by atoms with Crippen molar-refractivity contribution in [3.8, 4) is 0 Å². The van der Waals surface area contributed by atoms with E-state index in [1.807, 2.05) is 18.7 Å². The smallest absolute Gasteiger partial charge is 0.219 e. The Morgan fingerprint density at radius 1 is 1.17 bits per heavy atom. The lowest BCUT2D eigenvalue weighted by molar-refractivity contribution is -0.128. The Morgan fingerprint density at radius 3 is 1.83 bits per heavy atom. The van der Waals surface area contributed by atoms with Gasteiger partial charge in [0.25, 0.3) is 0 Å². The van der Waals surface area contributed by atoms with E-state index in [-0.39, 0.29) is 0 Å². The molecule has 0 fully saturated rings. The van der Waals surface area contributed by atoms with Crippen LogP contribution in [0.1, 0.15) is 13.8 Å². The molecule has 0 saturated carbocycles. The minimum atomic E-state index is -1.21. The van der Waals surface area contributed by atoms with Gasteiger partial charge in [0.2, 0.25) is 5.91 Å². The van der Waals surface area contributed by atoms with Crippen molar-refractivity contribution >= 4 is 14.0 Å². The van der Waals surface area contributed by atoms with Crippen LogP contribution in [0.5, 0.6) is 0 Å². The van der Waals surface area contributed by atoms with Gasteiger partial charge in [-0.2, -0.15) is 0 Å². The topological polar surface area (TPSA) is 20.3 Å². The highest BCUT2D eigenvalue weighted by Gasteiger charge is 2.20. The summed E-state index contributed by atoms with van der Waals surface area (Å²) in [5, 5.41) is 0. The van der Waals surface area contributed by atoms with Crippen LogP contribution in [0.4, 0.5) is 0 Å². The Bertz CT molecular complexity index is 147. The van der Waals surface area contributed by atoms with E-state index in [0.29, 0.717) is 5.91 Å². The van der Waals surface area contributed by atoms with Crippen molar-refractivity contribution in [2.45, 2.75) is 39.5 Å². The first-order chi connectivity index (χ1) is 5.40. The van der Waals surface area contributed by atoms with E-state index in [1.165, 1.54) is 0 Å². The second-order valence-corrected chi connectivity index (χ2v) is 9.78. The summed E-state index contributed by atoms with van der Waals surface area (Å²) in [6.45, 7) is 12.5. The molecule has 0 aliphatic heterocycles. The van der Waals surface area contributed by atoms with Crippen molar-refractivity contribution in [2.24, 2.45) is 0 Å². The molecule has 0 bridgehead atoms. The SMILES string of the molecule is CCN(CC)C(=O)C[Si](C)(C)C. The summed E-state index contributed by atoms with van der Waals surface area (Å²) in [4.78, 5) is 13.5. The second-order valence-electron chi connectivity index (χ2n) is 4.30. The molecule has 2 nitrogen and oxygen atoms in total. The summed E-state index contributed by atoms with van der Waals surface area (Å²) in [5.74, 6) is 0.333. The molecule has 0 rings (SSSR count). The van der Waals surface area contributed by atoms with Crippen LogP contribution in [-0.4, -0.2) is 32.0 Å². The lowest BCUT2D eigenvalue weighted by Crippen LogP contribution is -2.36. The van der Waals surface area contributed by atoms with Crippen molar-refractivity contribution < 1.29 is 4.79 Å². The van der Waals surface area contributed by atoms with Crippen LogP contribution >= 0.6 is 0 Å². The fraction of sp³-hybridized carbons (Fsp3) is 0.889. The summed E-state index contributed by atoms with van der Waals surface area (Å²) in [7, 11) is -1.21. The van der Waals surface area contributed by atoms with E-state index in [2.05, 4.69) is 19.6 Å². The standard InChI is InChI=1S/C9H21NOSi/c1-6-10(7-2)9(11)8-12(3,4)5/h6-8H2,1-5H3. The van der Waals surface area contributed by atoms with Crippen LogP contribution in [0.15, 0.2) is 0 Å². The number of hydrogen-bond acceptors (Lipinski definition) is 1. The Hall–Kier alpha value is -0.313. The average Bonchev–Trinajstić information content (AvgIpc) is 1.85. The van der Waals surface area contributed by atoms with Gasteiger partial charge in [-0.05, 0) is 13.8 Å². The molecular weight excluding hydrogens is 166 g/mol. The highest BCUT2D eigenvalue weighted by molar-refractivity contribution is 6.78. The minimum absolute atomic E-state index is 0.333. The first-order valence-corrected chi connectivity index (χ1v) is 8.39. The maximum Gasteiger partial charge on any atom is 0.219 e. The van der Waals surface area contributed by atoms with E-state index in [1.54, 1.807) is 0 Å². The molecule has 0 spiro atoms. The van der Waals surface area contributed by atoms with Gasteiger partial charge in [-0.15, -0.1) is 0 Å². The van der Waals surface area contributed by atoms with Crippen LogP contribution in [0.25, 0.3) is 0 Å². The molecule has 3 heteroatoms. The fourth-order valence-electron chi connectivity index (χ4n) is 1.14. The van der Waals surface area contributed by atoms with E-state index >= 15 is 0 Å². The summed E-state index contributed by atoms with van der Waals surface area (Å²) < 4.78 is 0. The van der Waals surface area contributed by atoms with Crippen LogP contribution in [-0.2, 0) is 4.79 Å². The Labute approximate surface area is 77.0 Å². The first kappa shape index (κ1) is 11.7. The maximum atomic E-state index is 11.6. The van der Waals surface area contributed by atoms with Crippen molar-refractivity contribution in [1.29, 1.82) is 0 Å². The molecule has 1 amide bonds. The maximum absolute atomic E-state index is 11.6. The third kappa shape index (κ3) is 4.54. The number of nitrogens with zero attached hydrogens (tertiary/aromatic N) is 1. The van der Waals surface area contributed by atoms with E-state index in [4.69, 9.17) is 0 Å². The second kappa shape index (κ2) is 4.65. The molecule has 0 atom stereocenters. The van der Waals surface area contributed by atoms with Gasteiger partial charge in [0.15, 0.2) is 0 Å². The predicted octanol–water partition coefficient (Wildman–Crippen LogP) is 2.19. The van der Waals surface area contributed by atoms with Crippen molar-refractivity contribution in [1.82, 2.24) is 4.90 Å². The fourth-order valence-corrected chi connectivity index (χ4v) is 2.27. The molecule has 0 aliphatic carbocycles. The highest BCUT2D eigenvalue weighted by Crippen LogP contribution is 2.10. The molecule has 0 aliphatic rings. The molecule has 72 valence electrons. The average molecular weight is 187 g/mol. The zero-order chi connectivity index (χ0) is 9.78. The zero-order valence-corrected chi connectivity index (χ0v) is 9.98. The largest absolute Gasteiger partial charge is 0.344 e. The van der Waals surface area contributed by atoms with Crippen LogP contribution in [0.3, 0.4) is 0 Å². The summed E-state index contributed by atoms with van der Waals surface area (Å²) in [5.41, 5.74) is 0. The van der Waals surface area contributed by atoms with Crippen LogP contribution < -0.4 is 0 Å². The molecular formula is C9H21NOSi. The lowest BCUT2D eigenvalue weighted by Gasteiger charge is -2.23. The molecule has 0 N–H and O–H groups in total. The van der Waals surface area contributed by atoms with Gasteiger partial charge in [0.1, 0.15) is 0 Å². The third-order valence-corrected chi connectivity index (χ3v) is 3.16. The van der Waals surface area contributed by atoms with Gasteiger partial charge in [-0.3, -0.25) is 4.79 Å². The summed E-state index contributed by atoms with van der Waals surface area (Å²) in [6, 6.07) is 0.786. The van der Waals surface area contributed by atoms with Gasteiger partial charge < -0.3 is 4.90 Å². The quantitative estimate of drug-likeness (QED) is 0.618. The lowest BCUT2D eigenvalue weighted by atomic mass is 10.5. The van der Waals surface area contributed by atoms with Gasteiger partial charge in [0.05, 0.1) is 8.07 Å². The van der Waals surface area contributed by atoms with E-state index < -0.39 is 8.07 Å². The molecule has 0 heterocycles. The molecule has 0 aromatic heterocycles. The Morgan fingerprint density at radius 2 is 1.58 bits per heavy atom. The molecule has 12 heavy (non-hydrogen) atoms. The number of carbonyl (C=O) groups is 1. The first-order valence-electron chi connectivity index (χ1n) is 4.68.